The third-order valence-corrected chi connectivity index (χ3v) is 3.42. The highest BCUT2D eigenvalue weighted by molar-refractivity contribution is 5.88. The van der Waals surface area contributed by atoms with Gasteiger partial charge in [0, 0.05) is 12.6 Å². The molecule has 2 N–H and O–H groups in total. The highest BCUT2D eigenvalue weighted by atomic mass is 16.7. The predicted octanol–water partition coefficient (Wildman–Crippen LogP) is 3.17. The van der Waals surface area contributed by atoms with Gasteiger partial charge >= 0.3 is 0 Å². The molecule has 19 heavy (non-hydrogen) atoms. The minimum Gasteiger partial charge on any atom is -0.326 e. The fraction of sp³-hybridized carbons (Fsp3) is 0.533. The lowest BCUT2D eigenvalue weighted by molar-refractivity contribution is -0.114. The van der Waals surface area contributed by atoms with E-state index in [-0.39, 0.29) is 11.9 Å². The molecule has 0 radical (unpaired) electrons. The summed E-state index contributed by atoms with van der Waals surface area (Å²) < 4.78 is 0. The number of hydrogen-bond donors (Lipinski definition) is 2. The van der Waals surface area contributed by atoms with Gasteiger partial charge in [-0.15, -0.1) is 0 Å². The van der Waals surface area contributed by atoms with E-state index in [1.54, 1.807) is 0 Å². The monoisotopic (exact) mass is 262 g/mol. The molecule has 1 fully saturated rings. The molecule has 4 nitrogen and oxygen atoms in total. The van der Waals surface area contributed by atoms with Crippen LogP contribution in [-0.4, -0.2) is 12.0 Å². The van der Waals surface area contributed by atoms with Crippen LogP contribution in [0.3, 0.4) is 0 Å². The van der Waals surface area contributed by atoms with Crippen LogP contribution in [0.5, 0.6) is 0 Å². The van der Waals surface area contributed by atoms with E-state index in [1.807, 2.05) is 24.3 Å². The van der Waals surface area contributed by atoms with Crippen LogP contribution in [-0.2, 0) is 9.63 Å². The van der Waals surface area contributed by atoms with E-state index in [2.05, 4.69) is 17.7 Å². The van der Waals surface area contributed by atoms with Gasteiger partial charge in [-0.3, -0.25) is 9.63 Å². The van der Waals surface area contributed by atoms with Gasteiger partial charge in [0.15, 0.2) is 0 Å². The molecule has 2 rings (SSSR count). The Bertz CT molecular complexity index is 428. The number of benzene rings is 1. The summed E-state index contributed by atoms with van der Waals surface area (Å²) in [5, 5.41) is 2.79. The van der Waals surface area contributed by atoms with Crippen molar-refractivity contribution in [1.82, 2.24) is 5.48 Å². The van der Waals surface area contributed by atoms with Crippen molar-refractivity contribution in [3.8, 4) is 0 Å². The summed E-state index contributed by atoms with van der Waals surface area (Å²) in [4.78, 5) is 16.7. The van der Waals surface area contributed by atoms with Crippen molar-refractivity contribution < 1.29 is 9.63 Å². The number of nitrogens with one attached hydrogen (secondary N) is 2. The normalized spacial score (nSPS) is 17.4. The number of rotatable bonds is 5. The fourth-order valence-electron chi connectivity index (χ4n) is 2.36. The molecule has 1 aromatic carbocycles. The first-order chi connectivity index (χ1) is 9.15. The van der Waals surface area contributed by atoms with E-state index >= 15 is 0 Å². The SMILES string of the molecule is CC(=O)Nc1cccc(C(C)NOC2CCCC2)c1. The van der Waals surface area contributed by atoms with Gasteiger partial charge in [0.25, 0.3) is 0 Å². The van der Waals surface area contributed by atoms with Crippen LogP contribution in [0.15, 0.2) is 24.3 Å². The Hall–Kier alpha value is -1.39. The number of amides is 1. The second-order valence-corrected chi connectivity index (χ2v) is 5.17. The van der Waals surface area contributed by atoms with Crippen molar-refractivity contribution in [3.63, 3.8) is 0 Å². The molecule has 1 aromatic rings. The molecule has 0 aliphatic heterocycles. The van der Waals surface area contributed by atoms with E-state index in [0.29, 0.717) is 6.10 Å². The minimum atomic E-state index is -0.0556. The van der Waals surface area contributed by atoms with Crippen molar-refractivity contribution >= 4 is 11.6 Å². The van der Waals surface area contributed by atoms with Crippen molar-refractivity contribution in [2.75, 3.05) is 5.32 Å². The Morgan fingerprint density at radius 3 is 2.79 bits per heavy atom. The van der Waals surface area contributed by atoms with E-state index in [4.69, 9.17) is 4.84 Å². The molecule has 1 aliphatic rings. The minimum absolute atomic E-state index is 0.0556. The molecule has 0 aromatic heterocycles. The lowest BCUT2D eigenvalue weighted by Crippen LogP contribution is -2.24. The zero-order chi connectivity index (χ0) is 13.7. The third-order valence-electron chi connectivity index (χ3n) is 3.42. The quantitative estimate of drug-likeness (QED) is 0.801. The zero-order valence-corrected chi connectivity index (χ0v) is 11.6. The van der Waals surface area contributed by atoms with Crippen LogP contribution in [0.2, 0.25) is 0 Å². The number of carbonyl (C=O) groups excluding carboxylic acids is 1. The summed E-state index contributed by atoms with van der Waals surface area (Å²) in [7, 11) is 0. The molecular weight excluding hydrogens is 240 g/mol. The molecule has 1 amide bonds. The van der Waals surface area contributed by atoms with Crippen LogP contribution in [0, 0.1) is 0 Å². The standard InChI is InChI=1S/C15H22N2O2/c1-11(17-19-15-8-3-4-9-15)13-6-5-7-14(10-13)16-12(2)18/h5-7,10-11,15,17H,3-4,8-9H2,1-2H3,(H,16,18). The summed E-state index contributed by atoms with van der Waals surface area (Å²) in [6.45, 7) is 3.57. The van der Waals surface area contributed by atoms with Crippen LogP contribution in [0.1, 0.15) is 51.1 Å². The average molecular weight is 262 g/mol. The maximum atomic E-state index is 11.0. The second kappa shape index (κ2) is 6.68. The first-order valence-corrected chi connectivity index (χ1v) is 6.94. The van der Waals surface area contributed by atoms with Gasteiger partial charge in [-0.2, -0.15) is 5.48 Å². The number of hydrogen-bond acceptors (Lipinski definition) is 3. The molecule has 1 saturated carbocycles. The number of anilines is 1. The van der Waals surface area contributed by atoms with Gasteiger partial charge in [0.1, 0.15) is 0 Å². The summed E-state index contributed by atoms with van der Waals surface area (Å²) >= 11 is 0. The summed E-state index contributed by atoms with van der Waals surface area (Å²) in [6, 6.07) is 7.93. The Balaban J connectivity index is 1.90. The predicted molar refractivity (Wildman–Crippen MR) is 75.6 cm³/mol. The summed E-state index contributed by atoms with van der Waals surface area (Å²) in [5.74, 6) is -0.0556. The first kappa shape index (κ1) is 14.0. The van der Waals surface area contributed by atoms with Gasteiger partial charge in [0.05, 0.1) is 12.1 Å². The van der Waals surface area contributed by atoms with Gasteiger partial charge < -0.3 is 5.32 Å². The van der Waals surface area contributed by atoms with E-state index in [1.165, 1.54) is 19.8 Å². The molecule has 1 aliphatic carbocycles. The van der Waals surface area contributed by atoms with Crippen LogP contribution in [0.25, 0.3) is 0 Å². The zero-order valence-electron chi connectivity index (χ0n) is 11.6. The molecule has 0 saturated heterocycles. The van der Waals surface area contributed by atoms with E-state index in [9.17, 15) is 4.79 Å². The molecule has 0 heterocycles. The molecular formula is C15H22N2O2. The van der Waals surface area contributed by atoms with Gasteiger partial charge in [0.2, 0.25) is 5.91 Å². The van der Waals surface area contributed by atoms with E-state index in [0.717, 1.165) is 24.1 Å². The van der Waals surface area contributed by atoms with Crippen molar-refractivity contribution in [2.24, 2.45) is 0 Å². The third kappa shape index (κ3) is 4.33. The smallest absolute Gasteiger partial charge is 0.221 e. The van der Waals surface area contributed by atoms with Crippen molar-refractivity contribution in [1.29, 1.82) is 0 Å². The van der Waals surface area contributed by atoms with Crippen molar-refractivity contribution in [2.45, 2.75) is 51.7 Å². The summed E-state index contributed by atoms with van der Waals surface area (Å²) in [6.07, 6.45) is 5.16. The van der Waals surface area contributed by atoms with Gasteiger partial charge in [-0.05, 0) is 37.5 Å². The number of carbonyl (C=O) groups is 1. The Morgan fingerprint density at radius 2 is 2.11 bits per heavy atom. The Morgan fingerprint density at radius 1 is 1.37 bits per heavy atom. The average Bonchev–Trinajstić information content (AvgIpc) is 2.88. The molecule has 1 unspecified atom stereocenters. The van der Waals surface area contributed by atoms with Gasteiger partial charge in [-0.25, -0.2) is 0 Å². The highest BCUT2D eigenvalue weighted by Gasteiger charge is 2.17. The summed E-state index contributed by atoms with van der Waals surface area (Å²) in [5.41, 5.74) is 5.03. The van der Waals surface area contributed by atoms with Crippen LogP contribution in [0.4, 0.5) is 5.69 Å². The fourth-order valence-corrected chi connectivity index (χ4v) is 2.36. The Labute approximate surface area is 114 Å². The first-order valence-electron chi connectivity index (χ1n) is 6.94. The maximum absolute atomic E-state index is 11.0. The molecule has 1 atom stereocenters. The van der Waals surface area contributed by atoms with Gasteiger partial charge in [-0.1, -0.05) is 25.0 Å². The topological polar surface area (TPSA) is 50.4 Å². The molecule has 4 heteroatoms. The maximum Gasteiger partial charge on any atom is 0.221 e. The van der Waals surface area contributed by atoms with Crippen molar-refractivity contribution in [3.05, 3.63) is 29.8 Å². The van der Waals surface area contributed by atoms with Crippen LogP contribution >= 0.6 is 0 Å². The lowest BCUT2D eigenvalue weighted by Gasteiger charge is -2.18. The lowest BCUT2D eigenvalue weighted by atomic mass is 10.1. The van der Waals surface area contributed by atoms with Crippen LogP contribution < -0.4 is 10.8 Å². The molecule has 104 valence electrons. The Kier molecular flexibility index (Phi) is 4.93. The number of hydroxylamine groups is 1. The van der Waals surface area contributed by atoms with E-state index < -0.39 is 0 Å². The molecule has 0 spiro atoms. The largest absolute Gasteiger partial charge is 0.326 e. The molecule has 0 bridgehead atoms. The highest BCUT2D eigenvalue weighted by Crippen LogP contribution is 2.22. The second-order valence-electron chi connectivity index (χ2n) is 5.17.